The number of para-hydroxylation sites is 2. The van der Waals surface area contributed by atoms with Crippen molar-refractivity contribution in [3.8, 4) is 0 Å². The zero-order valence-electron chi connectivity index (χ0n) is 14.2. The van der Waals surface area contributed by atoms with Crippen LogP contribution < -0.4 is 10.6 Å². The molecule has 2 amide bonds. The monoisotopic (exact) mass is 336 g/mol. The average molecular weight is 336 g/mol. The van der Waals surface area contributed by atoms with E-state index in [9.17, 15) is 9.59 Å². The van der Waals surface area contributed by atoms with Crippen molar-refractivity contribution in [2.75, 3.05) is 5.32 Å². The molecule has 0 radical (unpaired) electrons. The van der Waals surface area contributed by atoms with Crippen LogP contribution in [0.15, 0.2) is 48.5 Å². The van der Waals surface area contributed by atoms with Crippen LogP contribution in [-0.2, 0) is 4.79 Å². The molecule has 25 heavy (non-hydrogen) atoms. The van der Waals surface area contributed by atoms with Crippen molar-refractivity contribution in [1.82, 2.24) is 15.3 Å². The number of H-pyrrole nitrogens is 1. The van der Waals surface area contributed by atoms with E-state index >= 15 is 0 Å². The van der Waals surface area contributed by atoms with E-state index in [0.717, 1.165) is 11.0 Å². The van der Waals surface area contributed by atoms with Gasteiger partial charge < -0.3 is 15.6 Å². The second kappa shape index (κ2) is 7.17. The second-order valence-electron chi connectivity index (χ2n) is 5.82. The molecular weight excluding hydrogens is 316 g/mol. The lowest BCUT2D eigenvalue weighted by molar-refractivity contribution is -0.115. The molecule has 1 unspecified atom stereocenters. The molecule has 0 bridgehead atoms. The van der Waals surface area contributed by atoms with Gasteiger partial charge in [-0.15, -0.1) is 0 Å². The Kier molecular flexibility index (Phi) is 4.79. The molecule has 1 aromatic heterocycles. The van der Waals surface area contributed by atoms with Crippen LogP contribution in [0.3, 0.4) is 0 Å². The van der Waals surface area contributed by atoms with Crippen molar-refractivity contribution in [3.63, 3.8) is 0 Å². The standard InChI is InChI=1S/C19H20N4O2/c1-3-17(24)21-14-8-6-7-13(11-14)19(25)20-12(2)18-22-15-9-4-5-10-16(15)23-18/h4-12H,3H2,1-2H3,(H,20,25)(H,21,24)(H,22,23). The summed E-state index contributed by atoms with van der Waals surface area (Å²) in [5.41, 5.74) is 2.89. The molecule has 0 spiro atoms. The number of aromatic amines is 1. The SMILES string of the molecule is CCC(=O)Nc1cccc(C(=O)NC(C)c2nc3ccccc3[nH]2)c1. The van der Waals surface area contributed by atoms with E-state index in [4.69, 9.17) is 0 Å². The maximum Gasteiger partial charge on any atom is 0.251 e. The summed E-state index contributed by atoms with van der Waals surface area (Å²) >= 11 is 0. The van der Waals surface area contributed by atoms with E-state index in [1.165, 1.54) is 0 Å². The van der Waals surface area contributed by atoms with Crippen molar-refractivity contribution in [3.05, 3.63) is 59.9 Å². The fourth-order valence-electron chi connectivity index (χ4n) is 2.51. The summed E-state index contributed by atoms with van der Waals surface area (Å²) in [4.78, 5) is 31.7. The lowest BCUT2D eigenvalue weighted by Crippen LogP contribution is -2.27. The van der Waals surface area contributed by atoms with Crippen molar-refractivity contribution >= 4 is 28.5 Å². The Morgan fingerprint density at radius 1 is 1.16 bits per heavy atom. The molecule has 2 aromatic carbocycles. The molecule has 1 heterocycles. The van der Waals surface area contributed by atoms with Crippen molar-refractivity contribution < 1.29 is 9.59 Å². The third-order valence-corrected chi connectivity index (χ3v) is 3.90. The molecule has 6 heteroatoms. The van der Waals surface area contributed by atoms with E-state index in [2.05, 4.69) is 20.6 Å². The minimum atomic E-state index is -0.270. The number of aromatic nitrogens is 2. The van der Waals surface area contributed by atoms with Gasteiger partial charge in [-0.1, -0.05) is 25.1 Å². The van der Waals surface area contributed by atoms with Gasteiger partial charge in [0.2, 0.25) is 5.91 Å². The van der Waals surface area contributed by atoms with E-state index < -0.39 is 0 Å². The number of rotatable bonds is 5. The Bertz CT molecular complexity index is 883. The minimum Gasteiger partial charge on any atom is -0.342 e. The van der Waals surface area contributed by atoms with Crippen LogP contribution in [0.1, 0.15) is 42.5 Å². The van der Waals surface area contributed by atoms with Gasteiger partial charge in [-0.25, -0.2) is 4.98 Å². The van der Waals surface area contributed by atoms with Gasteiger partial charge in [0.1, 0.15) is 5.82 Å². The number of carbonyl (C=O) groups is 2. The maximum atomic E-state index is 12.5. The third-order valence-electron chi connectivity index (χ3n) is 3.90. The molecule has 6 nitrogen and oxygen atoms in total. The Hall–Kier alpha value is -3.15. The lowest BCUT2D eigenvalue weighted by Gasteiger charge is -2.12. The molecule has 0 fully saturated rings. The number of imidazole rings is 1. The average Bonchev–Trinajstić information content (AvgIpc) is 3.06. The number of amides is 2. The first-order valence-corrected chi connectivity index (χ1v) is 8.22. The summed E-state index contributed by atoms with van der Waals surface area (Å²) in [5, 5.41) is 5.67. The zero-order valence-corrected chi connectivity index (χ0v) is 14.2. The first-order chi connectivity index (χ1) is 12.1. The summed E-state index contributed by atoms with van der Waals surface area (Å²) in [6.45, 7) is 3.65. The quantitative estimate of drug-likeness (QED) is 0.667. The molecule has 1 atom stereocenters. The number of anilines is 1. The minimum absolute atomic E-state index is 0.0896. The molecule has 3 aromatic rings. The molecule has 0 aliphatic carbocycles. The first-order valence-electron chi connectivity index (χ1n) is 8.22. The number of benzene rings is 2. The van der Waals surface area contributed by atoms with E-state index in [-0.39, 0.29) is 17.9 Å². The van der Waals surface area contributed by atoms with Crippen molar-refractivity contribution in [1.29, 1.82) is 0 Å². The zero-order chi connectivity index (χ0) is 17.8. The lowest BCUT2D eigenvalue weighted by atomic mass is 10.1. The molecule has 128 valence electrons. The Morgan fingerprint density at radius 3 is 2.72 bits per heavy atom. The van der Waals surface area contributed by atoms with Gasteiger partial charge in [-0.05, 0) is 37.3 Å². The van der Waals surface area contributed by atoms with Crippen LogP contribution in [0, 0.1) is 0 Å². The van der Waals surface area contributed by atoms with Gasteiger partial charge in [0, 0.05) is 17.7 Å². The normalized spacial score (nSPS) is 11.9. The van der Waals surface area contributed by atoms with Gasteiger partial charge in [-0.3, -0.25) is 9.59 Å². The number of nitrogens with zero attached hydrogens (tertiary/aromatic N) is 1. The second-order valence-corrected chi connectivity index (χ2v) is 5.82. The maximum absolute atomic E-state index is 12.5. The Balaban J connectivity index is 1.72. The van der Waals surface area contributed by atoms with Crippen LogP contribution in [0.2, 0.25) is 0 Å². The van der Waals surface area contributed by atoms with Crippen LogP contribution in [-0.4, -0.2) is 21.8 Å². The van der Waals surface area contributed by atoms with E-state index in [1.54, 1.807) is 31.2 Å². The fraction of sp³-hybridized carbons (Fsp3) is 0.211. The van der Waals surface area contributed by atoms with Crippen molar-refractivity contribution in [2.24, 2.45) is 0 Å². The number of fused-ring (bicyclic) bond motifs is 1. The van der Waals surface area contributed by atoms with Gasteiger partial charge in [0.05, 0.1) is 17.1 Å². The summed E-state index contributed by atoms with van der Waals surface area (Å²) in [7, 11) is 0. The number of hydrogen-bond donors (Lipinski definition) is 3. The Labute approximate surface area is 145 Å². The van der Waals surface area contributed by atoms with Crippen LogP contribution in [0.25, 0.3) is 11.0 Å². The first kappa shape index (κ1) is 16.7. The molecule has 0 saturated carbocycles. The predicted molar refractivity (Wildman–Crippen MR) is 97.3 cm³/mol. The van der Waals surface area contributed by atoms with Gasteiger partial charge in [-0.2, -0.15) is 0 Å². The number of hydrogen-bond acceptors (Lipinski definition) is 3. The van der Waals surface area contributed by atoms with Crippen LogP contribution >= 0.6 is 0 Å². The number of nitrogens with one attached hydrogen (secondary N) is 3. The van der Waals surface area contributed by atoms with Gasteiger partial charge in [0.15, 0.2) is 0 Å². The highest BCUT2D eigenvalue weighted by Gasteiger charge is 2.15. The molecule has 0 aliphatic heterocycles. The van der Waals surface area contributed by atoms with Gasteiger partial charge in [0.25, 0.3) is 5.91 Å². The molecule has 0 aliphatic rings. The summed E-state index contributed by atoms with van der Waals surface area (Å²) in [6, 6.07) is 14.3. The molecule has 3 N–H and O–H groups in total. The highest BCUT2D eigenvalue weighted by Crippen LogP contribution is 2.17. The molecule has 3 rings (SSSR count). The summed E-state index contributed by atoms with van der Waals surface area (Å²) in [5.74, 6) is 0.388. The largest absolute Gasteiger partial charge is 0.342 e. The topological polar surface area (TPSA) is 86.9 Å². The number of carbonyl (C=O) groups excluding carboxylic acids is 2. The molecular formula is C19H20N4O2. The van der Waals surface area contributed by atoms with Crippen molar-refractivity contribution in [2.45, 2.75) is 26.3 Å². The Morgan fingerprint density at radius 2 is 1.96 bits per heavy atom. The van der Waals surface area contributed by atoms with Crippen LogP contribution in [0.5, 0.6) is 0 Å². The van der Waals surface area contributed by atoms with Gasteiger partial charge >= 0.3 is 0 Å². The summed E-state index contributed by atoms with van der Waals surface area (Å²) < 4.78 is 0. The third kappa shape index (κ3) is 3.85. The fourth-order valence-corrected chi connectivity index (χ4v) is 2.51. The van der Waals surface area contributed by atoms with E-state index in [0.29, 0.717) is 23.5 Å². The molecule has 0 saturated heterocycles. The van der Waals surface area contributed by atoms with Crippen LogP contribution in [0.4, 0.5) is 5.69 Å². The highest BCUT2D eigenvalue weighted by atomic mass is 16.2. The van der Waals surface area contributed by atoms with E-state index in [1.807, 2.05) is 31.2 Å². The highest BCUT2D eigenvalue weighted by molar-refractivity contribution is 5.97. The smallest absolute Gasteiger partial charge is 0.251 e. The summed E-state index contributed by atoms with van der Waals surface area (Å²) in [6.07, 6.45) is 0.388. The predicted octanol–water partition coefficient (Wildman–Crippen LogP) is 3.40.